The van der Waals surface area contributed by atoms with Crippen LogP contribution in [0, 0.1) is 0 Å². The Hall–Kier alpha value is -2.18. The minimum atomic E-state index is -0.218. The molecule has 0 saturated carbocycles. The summed E-state index contributed by atoms with van der Waals surface area (Å²) < 4.78 is 7.75. The highest BCUT2D eigenvalue weighted by atomic mass is 79.9. The number of furan rings is 1. The van der Waals surface area contributed by atoms with Crippen molar-refractivity contribution in [3.8, 4) is 22.7 Å². The van der Waals surface area contributed by atoms with E-state index in [1.165, 1.54) is 0 Å². The molecule has 0 bridgehead atoms. The molecule has 0 fully saturated rings. The minimum Gasteiger partial charge on any atom is -0.437 e. The van der Waals surface area contributed by atoms with Crippen LogP contribution in [0.2, 0.25) is 0 Å². The zero-order valence-electron chi connectivity index (χ0n) is 12.2. The van der Waals surface area contributed by atoms with Crippen molar-refractivity contribution in [2.45, 2.75) is 0 Å². The van der Waals surface area contributed by atoms with Crippen molar-refractivity contribution in [3.63, 3.8) is 0 Å². The van der Waals surface area contributed by atoms with E-state index in [1.54, 1.807) is 6.07 Å². The zero-order chi connectivity index (χ0) is 16.7. The number of aromatic nitrogens is 2. The van der Waals surface area contributed by atoms with Gasteiger partial charge in [-0.2, -0.15) is 4.98 Å². The van der Waals surface area contributed by atoms with Crippen LogP contribution in [0.3, 0.4) is 0 Å². The third kappa shape index (κ3) is 2.83. The smallest absolute Gasteiger partial charge is 0.262 e. The lowest BCUT2D eigenvalue weighted by Gasteiger charge is -2.00. The summed E-state index contributed by atoms with van der Waals surface area (Å²) in [6.07, 6.45) is 0. The van der Waals surface area contributed by atoms with Crippen LogP contribution in [0.25, 0.3) is 33.8 Å². The van der Waals surface area contributed by atoms with E-state index >= 15 is 0 Å². The van der Waals surface area contributed by atoms with Gasteiger partial charge in [0.2, 0.25) is 5.71 Å². The predicted molar refractivity (Wildman–Crippen MR) is 101 cm³/mol. The molecule has 0 unspecified atom stereocenters. The number of fused-ring (bicyclic) bond motifs is 1. The van der Waals surface area contributed by atoms with Gasteiger partial charge in [0, 0.05) is 20.1 Å². The van der Waals surface area contributed by atoms with Gasteiger partial charge in [-0.25, -0.2) is 0 Å². The maximum atomic E-state index is 12.4. The highest BCUT2D eigenvalue weighted by Crippen LogP contribution is 2.27. The maximum Gasteiger partial charge on any atom is 0.262 e. The number of hydrogen-bond acceptors (Lipinski definition) is 3. The first-order chi connectivity index (χ1) is 11.6. The van der Waals surface area contributed by atoms with Crippen LogP contribution in [0.4, 0.5) is 0 Å². The second kappa shape index (κ2) is 6.03. The molecule has 0 saturated heterocycles. The van der Waals surface area contributed by atoms with Gasteiger partial charge < -0.3 is 9.40 Å². The molecule has 0 aliphatic carbocycles. The summed E-state index contributed by atoms with van der Waals surface area (Å²) in [5.74, 6) is 1.10. The predicted octanol–water partition coefficient (Wildman–Crippen LogP) is 5.38. The molecule has 4 aromatic rings. The Kier molecular flexibility index (Phi) is 3.86. The van der Waals surface area contributed by atoms with Gasteiger partial charge in [0.05, 0.1) is 0 Å². The fraction of sp³-hybridized carbons (Fsp3) is 0. The number of hydrogen-bond donors (Lipinski definition) is 1. The summed E-state index contributed by atoms with van der Waals surface area (Å²) in [5.41, 5.74) is 1.82. The number of nitrogens with zero attached hydrogens (tertiary/aromatic N) is 1. The third-order valence-corrected chi connectivity index (χ3v) is 4.71. The molecule has 0 aliphatic heterocycles. The van der Waals surface area contributed by atoms with Gasteiger partial charge >= 0.3 is 0 Å². The average Bonchev–Trinajstić information content (AvgIpc) is 3.01. The van der Waals surface area contributed by atoms with Crippen molar-refractivity contribution in [2.24, 2.45) is 0 Å². The highest BCUT2D eigenvalue weighted by molar-refractivity contribution is 9.10. The van der Waals surface area contributed by atoms with E-state index in [4.69, 9.17) is 4.42 Å². The largest absolute Gasteiger partial charge is 0.437 e. The second-order valence-corrected chi connectivity index (χ2v) is 7.09. The maximum absolute atomic E-state index is 12.4. The number of aromatic amines is 1. The van der Waals surface area contributed by atoms with Gasteiger partial charge in [-0.3, -0.25) is 4.79 Å². The molecule has 2 aromatic carbocycles. The van der Waals surface area contributed by atoms with Crippen molar-refractivity contribution in [2.75, 3.05) is 0 Å². The molecule has 2 heterocycles. The summed E-state index contributed by atoms with van der Waals surface area (Å²) in [5, 5.41) is 0.439. The van der Waals surface area contributed by atoms with Crippen LogP contribution in [0.1, 0.15) is 0 Å². The number of halogens is 2. The lowest BCUT2D eigenvalue weighted by atomic mass is 10.2. The van der Waals surface area contributed by atoms with E-state index < -0.39 is 0 Å². The topological polar surface area (TPSA) is 58.9 Å². The molecule has 2 aromatic heterocycles. The van der Waals surface area contributed by atoms with Crippen molar-refractivity contribution < 1.29 is 4.42 Å². The molecule has 6 heteroatoms. The first kappa shape index (κ1) is 15.4. The van der Waals surface area contributed by atoms with Crippen LogP contribution in [-0.2, 0) is 0 Å². The van der Waals surface area contributed by atoms with E-state index in [1.807, 2.05) is 48.5 Å². The number of benzene rings is 2. The average molecular weight is 446 g/mol. The quantitative estimate of drug-likeness (QED) is 0.450. The van der Waals surface area contributed by atoms with Gasteiger partial charge in [0.15, 0.2) is 0 Å². The van der Waals surface area contributed by atoms with Crippen molar-refractivity contribution in [3.05, 3.63) is 73.9 Å². The van der Waals surface area contributed by atoms with Crippen molar-refractivity contribution in [1.29, 1.82) is 0 Å². The SMILES string of the molecule is O=c1[nH]c(-c2ccc(Br)cc2)nc2oc(-c3ccc(Br)cc3)cc12. The summed E-state index contributed by atoms with van der Waals surface area (Å²) in [7, 11) is 0. The van der Waals surface area contributed by atoms with Gasteiger partial charge in [-0.1, -0.05) is 56.1 Å². The molecule has 0 amide bonds. The summed E-state index contributed by atoms with van der Waals surface area (Å²) in [6, 6.07) is 17.0. The van der Waals surface area contributed by atoms with Crippen molar-refractivity contribution >= 4 is 43.0 Å². The van der Waals surface area contributed by atoms with Crippen LogP contribution in [0.5, 0.6) is 0 Å². The summed E-state index contributed by atoms with van der Waals surface area (Å²) in [4.78, 5) is 19.6. The van der Waals surface area contributed by atoms with E-state index in [9.17, 15) is 4.79 Å². The second-order valence-electron chi connectivity index (χ2n) is 5.26. The number of nitrogens with one attached hydrogen (secondary N) is 1. The molecular weight excluding hydrogens is 436 g/mol. The summed E-state index contributed by atoms with van der Waals surface area (Å²) >= 11 is 6.80. The molecule has 24 heavy (non-hydrogen) atoms. The Labute approximate surface area is 153 Å². The molecule has 118 valence electrons. The monoisotopic (exact) mass is 444 g/mol. The van der Waals surface area contributed by atoms with Gasteiger partial charge in [-0.15, -0.1) is 0 Å². The van der Waals surface area contributed by atoms with E-state index in [2.05, 4.69) is 41.8 Å². The van der Waals surface area contributed by atoms with E-state index in [0.717, 1.165) is 20.1 Å². The molecule has 0 spiro atoms. The molecule has 0 atom stereocenters. The molecule has 4 rings (SSSR count). The van der Waals surface area contributed by atoms with Crippen LogP contribution < -0.4 is 5.56 Å². The van der Waals surface area contributed by atoms with Gasteiger partial charge in [0.25, 0.3) is 5.56 Å². The Balaban J connectivity index is 1.85. The molecule has 1 N–H and O–H groups in total. The standard InChI is InChI=1S/C18H10Br2N2O2/c19-12-5-1-10(2-6-12)15-9-14-17(23)21-16(22-18(14)24-15)11-3-7-13(20)8-4-11/h1-9H,(H,21,22,23). The van der Waals surface area contributed by atoms with E-state index in [-0.39, 0.29) is 5.56 Å². The van der Waals surface area contributed by atoms with Gasteiger partial charge in [-0.05, 0) is 30.3 Å². The van der Waals surface area contributed by atoms with Crippen LogP contribution >= 0.6 is 31.9 Å². The zero-order valence-corrected chi connectivity index (χ0v) is 15.4. The Morgan fingerprint density at radius 1 is 0.875 bits per heavy atom. The first-order valence-corrected chi connectivity index (χ1v) is 8.74. The number of H-pyrrole nitrogens is 1. The lowest BCUT2D eigenvalue weighted by Crippen LogP contribution is -2.08. The minimum absolute atomic E-state index is 0.218. The van der Waals surface area contributed by atoms with Crippen LogP contribution in [0.15, 0.2) is 72.8 Å². The normalized spacial score (nSPS) is 11.1. The molecule has 0 aliphatic rings. The van der Waals surface area contributed by atoms with Gasteiger partial charge in [0.1, 0.15) is 17.0 Å². The molecule has 4 nitrogen and oxygen atoms in total. The molecular formula is C18H10Br2N2O2. The lowest BCUT2D eigenvalue weighted by molar-refractivity contribution is 0.618. The first-order valence-electron chi connectivity index (χ1n) is 7.16. The third-order valence-electron chi connectivity index (χ3n) is 3.65. The van der Waals surface area contributed by atoms with Crippen molar-refractivity contribution in [1.82, 2.24) is 9.97 Å². The highest BCUT2D eigenvalue weighted by Gasteiger charge is 2.13. The molecule has 0 radical (unpaired) electrons. The van der Waals surface area contributed by atoms with E-state index in [0.29, 0.717) is 22.7 Å². The Morgan fingerprint density at radius 2 is 1.46 bits per heavy atom. The Bertz CT molecular complexity index is 1080. The van der Waals surface area contributed by atoms with Crippen LogP contribution in [-0.4, -0.2) is 9.97 Å². The fourth-order valence-electron chi connectivity index (χ4n) is 2.43. The Morgan fingerprint density at radius 3 is 2.08 bits per heavy atom. The fourth-order valence-corrected chi connectivity index (χ4v) is 2.96. The summed E-state index contributed by atoms with van der Waals surface area (Å²) in [6.45, 7) is 0. The number of rotatable bonds is 2.